The third-order valence-corrected chi connectivity index (χ3v) is 8.39. The molecule has 216 valence electrons. The fourth-order valence-electron chi connectivity index (χ4n) is 6.36. The fraction of sp³-hybridized carbons (Fsp3) is 0.441. The number of carbonyl (C=O) groups excluding carboxylic acids is 3. The van der Waals surface area contributed by atoms with Crippen LogP contribution in [0.3, 0.4) is 0 Å². The molecule has 41 heavy (non-hydrogen) atoms. The molecule has 2 aromatic carbocycles. The Morgan fingerprint density at radius 3 is 2.02 bits per heavy atom. The molecule has 2 aliphatic carbocycles. The zero-order valence-corrected chi connectivity index (χ0v) is 25.1. The highest BCUT2D eigenvalue weighted by molar-refractivity contribution is 6.06. The molecule has 7 nitrogen and oxygen atoms in total. The number of benzene rings is 2. The number of dihydropyridines is 1. The number of carbonyl (C=O) groups is 3. The SMILES string of the molecule is COc1cc(C2C3=C(CC(C)(C)CC3=O)NC3=C2C(=O)CC(C)(C)C3)ccc1OCC(=O)Nc1ccc(C)c(C)c1. The summed E-state index contributed by atoms with van der Waals surface area (Å²) in [4.78, 5) is 39.8. The maximum atomic E-state index is 13.6. The molecular weight excluding hydrogens is 516 g/mol. The molecule has 1 heterocycles. The van der Waals surface area contributed by atoms with E-state index in [9.17, 15) is 14.4 Å². The van der Waals surface area contributed by atoms with Gasteiger partial charge in [0.05, 0.1) is 7.11 Å². The summed E-state index contributed by atoms with van der Waals surface area (Å²) in [5, 5.41) is 6.41. The van der Waals surface area contributed by atoms with Crippen LogP contribution in [0.2, 0.25) is 0 Å². The van der Waals surface area contributed by atoms with Gasteiger partial charge in [-0.25, -0.2) is 0 Å². The Kier molecular flexibility index (Phi) is 7.35. The minimum atomic E-state index is -0.468. The van der Waals surface area contributed by atoms with Gasteiger partial charge in [-0.1, -0.05) is 39.8 Å². The van der Waals surface area contributed by atoms with Crippen LogP contribution in [0.4, 0.5) is 5.69 Å². The van der Waals surface area contributed by atoms with Crippen LogP contribution in [0.15, 0.2) is 58.9 Å². The van der Waals surface area contributed by atoms with Gasteiger partial charge in [0.15, 0.2) is 29.7 Å². The quantitative estimate of drug-likeness (QED) is 0.434. The molecule has 0 radical (unpaired) electrons. The molecule has 1 amide bonds. The number of ether oxygens (including phenoxy) is 2. The molecule has 3 aliphatic rings. The molecule has 2 aromatic rings. The Bertz CT molecular complexity index is 1460. The molecule has 0 saturated heterocycles. The van der Waals surface area contributed by atoms with Gasteiger partial charge in [-0.3, -0.25) is 14.4 Å². The zero-order chi connectivity index (χ0) is 29.7. The maximum Gasteiger partial charge on any atom is 0.262 e. The van der Waals surface area contributed by atoms with Crippen molar-refractivity contribution in [2.45, 2.75) is 73.1 Å². The van der Waals surface area contributed by atoms with E-state index in [1.165, 1.54) is 0 Å². The number of methoxy groups -OCH3 is 1. The normalized spacial score (nSPS) is 19.8. The van der Waals surface area contributed by atoms with E-state index in [2.05, 4.69) is 38.3 Å². The number of ketones is 2. The largest absolute Gasteiger partial charge is 0.493 e. The number of anilines is 1. The van der Waals surface area contributed by atoms with Crippen molar-refractivity contribution in [2.24, 2.45) is 10.8 Å². The smallest absolute Gasteiger partial charge is 0.262 e. The summed E-state index contributed by atoms with van der Waals surface area (Å²) in [5.41, 5.74) is 6.64. The zero-order valence-electron chi connectivity index (χ0n) is 25.1. The van der Waals surface area contributed by atoms with Gasteiger partial charge in [0.2, 0.25) is 0 Å². The van der Waals surface area contributed by atoms with Crippen molar-refractivity contribution in [3.63, 3.8) is 0 Å². The number of allylic oxidation sites excluding steroid dienone is 4. The van der Waals surface area contributed by atoms with E-state index >= 15 is 0 Å². The predicted molar refractivity (Wildman–Crippen MR) is 159 cm³/mol. The highest BCUT2D eigenvalue weighted by Gasteiger charge is 2.46. The summed E-state index contributed by atoms with van der Waals surface area (Å²) in [5.74, 6) is 0.241. The molecule has 0 saturated carbocycles. The lowest BCUT2D eigenvalue weighted by atomic mass is 9.64. The number of aryl methyl sites for hydroxylation is 2. The van der Waals surface area contributed by atoms with Crippen molar-refractivity contribution in [2.75, 3.05) is 19.0 Å². The fourth-order valence-corrected chi connectivity index (χ4v) is 6.36. The Morgan fingerprint density at radius 1 is 0.854 bits per heavy atom. The first-order valence-electron chi connectivity index (χ1n) is 14.2. The maximum absolute atomic E-state index is 13.6. The number of Topliss-reactive ketones (excluding diaryl/α,β-unsaturated/α-hetero) is 2. The van der Waals surface area contributed by atoms with Gasteiger partial charge < -0.3 is 20.1 Å². The third kappa shape index (κ3) is 5.81. The van der Waals surface area contributed by atoms with Crippen LogP contribution in [0.25, 0.3) is 0 Å². The van der Waals surface area contributed by atoms with Crippen molar-refractivity contribution in [1.29, 1.82) is 0 Å². The Hall–Kier alpha value is -3.87. The molecule has 0 aromatic heterocycles. The van der Waals surface area contributed by atoms with Crippen LogP contribution in [-0.4, -0.2) is 31.2 Å². The van der Waals surface area contributed by atoms with Gasteiger partial charge >= 0.3 is 0 Å². The molecule has 2 N–H and O–H groups in total. The van der Waals surface area contributed by atoms with E-state index in [4.69, 9.17) is 9.47 Å². The predicted octanol–water partition coefficient (Wildman–Crippen LogP) is 6.30. The topological polar surface area (TPSA) is 93.7 Å². The van der Waals surface area contributed by atoms with Crippen molar-refractivity contribution < 1.29 is 23.9 Å². The molecule has 0 spiro atoms. The lowest BCUT2D eigenvalue weighted by Gasteiger charge is -2.44. The van der Waals surface area contributed by atoms with E-state index in [1.807, 2.05) is 44.2 Å². The van der Waals surface area contributed by atoms with Gasteiger partial charge in [0.25, 0.3) is 5.91 Å². The summed E-state index contributed by atoms with van der Waals surface area (Å²) in [6, 6.07) is 11.2. The van der Waals surface area contributed by atoms with Crippen LogP contribution in [0, 0.1) is 24.7 Å². The van der Waals surface area contributed by atoms with Crippen LogP contribution in [0.1, 0.15) is 76.0 Å². The van der Waals surface area contributed by atoms with Gasteiger partial charge in [-0.05, 0) is 78.5 Å². The van der Waals surface area contributed by atoms with Gasteiger partial charge in [-0.15, -0.1) is 0 Å². The Morgan fingerprint density at radius 2 is 1.46 bits per heavy atom. The van der Waals surface area contributed by atoms with Crippen molar-refractivity contribution in [3.05, 3.63) is 75.6 Å². The Balaban J connectivity index is 1.45. The van der Waals surface area contributed by atoms with E-state index in [1.54, 1.807) is 13.2 Å². The average Bonchev–Trinajstić information content (AvgIpc) is 2.87. The molecule has 0 unspecified atom stereocenters. The Labute approximate surface area is 242 Å². The molecule has 7 heteroatoms. The summed E-state index contributed by atoms with van der Waals surface area (Å²) in [7, 11) is 1.54. The van der Waals surface area contributed by atoms with Gasteiger partial charge in [0, 0.05) is 47.0 Å². The lowest BCUT2D eigenvalue weighted by Crippen LogP contribution is -2.42. The first-order chi connectivity index (χ1) is 19.3. The van der Waals surface area contributed by atoms with E-state index in [-0.39, 0.29) is 34.9 Å². The summed E-state index contributed by atoms with van der Waals surface area (Å²) < 4.78 is 11.5. The first kappa shape index (κ1) is 28.7. The van der Waals surface area contributed by atoms with Gasteiger partial charge in [0.1, 0.15) is 0 Å². The number of hydrogen-bond acceptors (Lipinski definition) is 6. The number of nitrogens with one attached hydrogen (secondary N) is 2. The summed E-state index contributed by atoms with van der Waals surface area (Å²) >= 11 is 0. The van der Waals surface area contributed by atoms with E-state index < -0.39 is 5.92 Å². The van der Waals surface area contributed by atoms with Crippen LogP contribution < -0.4 is 20.1 Å². The van der Waals surface area contributed by atoms with E-state index in [0.29, 0.717) is 41.2 Å². The lowest BCUT2D eigenvalue weighted by molar-refractivity contribution is -0.119. The van der Waals surface area contributed by atoms with Crippen molar-refractivity contribution in [1.82, 2.24) is 5.32 Å². The number of rotatable bonds is 6. The minimum Gasteiger partial charge on any atom is -0.493 e. The second-order valence-corrected chi connectivity index (χ2v) is 13.3. The van der Waals surface area contributed by atoms with Crippen LogP contribution >= 0.6 is 0 Å². The summed E-state index contributed by atoms with van der Waals surface area (Å²) in [6.07, 6.45) is 2.34. The van der Waals surface area contributed by atoms with Crippen LogP contribution in [-0.2, 0) is 14.4 Å². The molecule has 5 rings (SSSR count). The monoisotopic (exact) mass is 556 g/mol. The summed E-state index contributed by atoms with van der Waals surface area (Å²) in [6.45, 7) is 12.3. The third-order valence-electron chi connectivity index (χ3n) is 8.39. The molecular formula is C34H40N2O5. The number of amides is 1. The molecule has 1 aliphatic heterocycles. The number of hydrogen-bond donors (Lipinski definition) is 2. The van der Waals surface area contributed by atoms with Gasteiger partial charge in [-0.2, -0.15) is 0 Å². The van der Waals surface area contributed by atoms with Crippen molar-refractivity contribution >= 4 is 23.2 Å². The highest BCUT2D eigenvalue weighted by atomic mass is 16.5. The van der Waals surface area contributed by atoms with E-state index in [0.717, 1.165) is 40.9 Å². The average molecular weight is 557 g/mol. The first-order valence-corrected chi connectivity index (χ1v) is 14.2. The molecule has 0 atom stereocenters. The second-order valence-electron chi connectivity index (χ2n) is 13.3. The molecule has 0 fully saturated rings. The standard InChI is InChI=1S/C34H40N2O5/c1-19-8-10-22(12-20(19)2)35-29(39)18-41-27-11-9-21(13-28(27)40-7)30-31-23(14-33(3,4)16-25(31)37)36-24-15-34(5,6)17-26(38)32(24)30/h8-13,30,36H,14-18H2,1-7H3,(H,35,39). The van der Waals surface area contributed by atoms with Crippen molar-refractivity contribution in [3.8, 4) is 11.5 Å². The molecule has 0 bridgehead atoms. The van der Waals surface area contributed by atoms with Crippen LogP contribution in [0.5, 0.6) is 11.5 Å². The minimum absolute atomic E-state index is 0.0697. The highest BCUT2D eigenvalue weighted by Crippen LogP contribution is 2.51. The second kappa shape index (κ2) is 10.5.